The van der Waals surface area contributed by atoms with Gasteiger partial charge >= 0.3 is 11.6 Å². The van der Waals surface area contributed by atoms with Crippen molar-refractivity contribution in [1.82, 2.24) is 0 Å². The van der Waals surface area contributed by atoms with Crippen molar-refractivity contribution in [1.29, 1.82) is 0 Å². The first-order valence-corrected chi connectivity index (χ1v) is 12.4. The molecule has 2 aromatic carbocycles. The minimum Gasteiger partial charge on any atom is -0.492 e. The molecule has 3 aliphatic rings. The summed E-state index contributed by atoms with van der Waals surface area (Å²) < 4.78 is 41.1. The second kappa shape index (κ2) is 8.43. The first-order chi connectivity index (χ1) is 17.3. The molecule has 4 atom stereocenters. The lowest BCUT2D eigenvalue weighted by Crippen LogP contribution is -2.43. The van der Waals surface area contributed by atoms with Crippen LogP contribution in [0.15, 0.2) is 50.5 Å². The van der Waals surface area contributed by atoms with Crippen molar-refractivity contribution in [2.45, 2.75) is 55.0 Å². The fourth-order valence-electron chi connectivity index (χ4n) is 5.13. The van der Waals surface area contributed by atoms with Crippen LogP contribution in [0, 0.1) is 0 Å². The third-order valence-corrected chi connectivity index (χ3v) is 7.69. The minimum atomic E-state index is -0.989. The van der Waals surface area contributed by atoms with Crippen LogP contribution >= 0.6 is 11.8 Å². The maximum absolute atomic E-state index is 13.4. The number of thioether (sulfide) groups is 1. The quantitative estimate of drug-likeness (QED) is 0.464. The molecule has 0 unspecified atom stereocenters. The van der Waals surface area contributed by atoms with Crippen molar-refractivity contribution in [2.24, 2.45) is 0 Å². The van der Waals surface area contributed by atoms with Gasteiger partial charge in [0.15, 0.2) is 17.3 Å². The Hall–Kier alpha value is -3.21. The zero-order chi connectivity index (χ0) is 25.2. The molecule has 6 rings (SSSR count). The maximum atomic E-state index is 13.4. The number of rotatable bonds is 4. The summed E-state index contributed by atoms with van der Waals surface area (Å²) in [6.07, 6.45) is -2.19. The van der Waals surface area contributed by atoms with Gasteiger partial charge in [-0.15, -0.1) is 11.8 Å². The first kappa shape index (κ1) is 23.2. The molecule has 188 valence electrons. The average Bonchev–Trinajstić information content (AvgIpc) is 3.43. The van der Waals surface area contributed by atoms with Gasteiger partial charge in [0.05, 0.1) is 12.4 Å². The Balaban J connectivity index is 1.66. The van der Waals surface area contributed by atoms with E-state index in [4.69, 9.17) is 32.8 Å². The van der Waals surface area contributed by atoms with Gasteiger partial charge in [-0.3, -0.25) is 4.79 Å². The standard InChI is InChI=1S/C26H24O9S/c1-12(27)32-23-22-21(34-26(2,3)35-22)20-16(24(23)36-13-8-6-5-7-9-13)14-10-15-18(31-11-30-15)19(29-4)17(14)25(28)33-20/h5-10,21-24H,11H2,1-4H3/t21-,22-,23+,24+/m0/s1. The van der Waals surface area contributed by atoms with Gasteiger partial charge in [-0.25, -0.2) is 4.79 Å². The Bertz CT molecular complexity index is 1410. The van der Waals surface area contributed by atoms with Crippen LogP contribution in [0.1, 0.15) is 43.4 Å². The molecule has 1 aromatic heterocycles. The van der Waals surface area contributed by atoms with Crippen molar-refractivity contribution in [2.75, 3.05) is 13.9 Å². The molecule has 2 aliphatic heterocycles. The normalized spacial score (nSPS) is 25.3. The van der Waals surface area contributed by atoms with Crippen LogP contribution in [0.4, 0.5) is 0 Å². The smallest absolute Gasteiger partial charge is 0.347 e. The second-order valence-electron chi connectivity index (χ2n) is 9.18. The molecule has 1 fully saturated rings. The van der Waals surface area contributed by atoms with E-state index in [-0.39, 0.29) is 17.9 Å². The lowest BCUT2D eigenvalue weighted by atomic mass is 9.86. The SMILES string of the molecule is COc1c2c(cc3c4c(oc(=O)c13)[C@@H]1OC(C)(C)O[C@@H]1[C@@H](OC(C)=O)[C@@H]4Sc1ccccc1)OCO2. The van der Waals surface area contributed by atoms with Crippen LogP contribution in [0.5, 0.6) is 17.2 Å². The highest BCUT2D eigenvalue weighted by atomic mass is 32.2. The summed E-state index contributed by atoms with van der Waals surface area (Å²) >= 11 is 1.49. The van der Waals surface area contributed by atoms with Crippen LogP contribution in [0.3, 0.4) is 0 Å². The molecule has 0 amide bonds. The molecule has 1 aliphatic carbocycles. The van der Waals surface area contributed by atoms with E-state index >= 15 is 0 Å². The minimum absolute atomic E-state index is 0.00362. The van der Waals surface area contributed by atoms with Crippen LogP contribution in [0.25, 0.3) is 10.8 Å². The molecule has 36 heavy (non-hydrogen) atoms. The number of hydrogen-bond acceptors (Lipinski definition) is 10. The summed E-state index contributed by atoms with van der Waals surface area (Å²) in [6.45, 7) is 4.91. The number of esters is 1. The van der Waals surface area contributed by atoms with Crippen molar-refractivity contribution in [3.05, 3.63) is 58.1 Å². The number of hydrogen-bond donors (Lipinski definition) is 0. The van der Waals surface area contributed by atoms with Gasteiger partial charge in [-0.2, -0.15) is 0 Å². The molecule has 1 saturated heterocycles. The van der Waals surface area contributed by atoms with E-state index in [9.17, 15) is 9.59 Å². The Kier molecular flexibility index (Phi) is 5.43. The van der Waals surface area contributed by atoms with Gasteiger partial charge in [0, 0.05) is 22.8 Å². The van der Waals surface area contributed by atoms with E-state index in [1.807, 2.05) is 30.3 Å². The Morgan fingerprint density at radius 2 is 1.92 bits per heavy atom. The van der Waals surface area contributed by atoms with E-state index in [2.05, 4.69) is 0 Å². The molecule has 0 spiro atoms. The number of methoxy groups -OCH3 is 1. The largest absolute Gasteiger partial charge is 0.492 e. The lowest BCUT2D eigenvalue weighted by Gasteiger charge is -2.37. The fourth-order valence-corrected chi connectivity index (χ4v) is 6.44. The topological polar surface area (TPSA) is 103 Å². The van der Waals surface area contributed by atoms with Crippen molar-refractivity contribution in [3.63, 3.8) is 0 Å². The third kappa shape index (κ3) is 3.63. The molecule has 3 aromatic rings. The van der Waals surface area contributed by atoms with Gasteiger partial charge in [0.2, 0.25) is 12.5 Å². The molecule has 9 nitrogen and oxygen atoms in total. The van der Waals surface area contributed by atoms with Crippen molar-refractivity contribution in [3.8, 4) is 17.2 Å². The molecule has 0 bridgehead atoms. The summed E-state index contributed by atoms with van der Waals surface area (Å²) in [4.78, 5) is 26.6. The van der Waals surface area contributed by atoms with Crippen LogP contribution < -0.4 is 19.8 Å². The highest BCUT2D eigenvalue weighted by Gasteiger charge is 2.56. The van der Waals surface area contributed by atoms with Gasteiger partial charge in [0.25, 0.3) is 0 Å². The molecule has 3 heterocycles. The highest BCUT2D eigenvalue weighted by Crippen LogP contribution is 2.57. The monoisotopic (exact) mass is 512 g/mol. The summed E-state index contributed by atoms with van der Waals surface area (Å²) in [6, 6.07) is 11.5. The highest BCUT2D eigenvalue weighted by molar-refractivity contribution is 7.99. The van der Waals surface area contributed by atoms with E-state index < -0.39 is 40.9 Å². The summed E-state index contributed by atoms with van der Waals surface area (Å²) in [5.74, 6) is -0.0822. The van der Waals surface area contributed by atoms with Crippen LogP contribution in [0.2, 0.25) is 0 Å². The van der Waals surface area contributed by atoms with Gasteiger partial charge in [0.1, 0.15) is 29.5 Å². The lowest BCUT2D eigenvalue weighted by molar-refractivity contribution is -0.169. The zero-order valence-electron chi connectivity index (χ0n) is 20.1. The second-order valence-corrected chi connectivity index (χ2v) is 10.4. The number of carbonyl (C=O) groups excluding carboxylic acids is 1. The summed E-state index contributed by atoms with van der Waals surface area (Å²) in [7, 11) is 1.46. The van der Waals surface area contributed by atoms with Gasteiger partial charge < -0.3 is 32.8 Å². The zero-order valence-corrected chi connectivity index (χ0v) is 20.9. The summed E-state index contributed by atoms with van der Waals surface area (Å²) in [5.41, 5.74) is 0.0595. The summed E-state index contributed by atoms with van der Waals surface area (Å²) in [5, 5.41) is 0.277. The number of ether oxygens (including phenoxy) is 6. The third-order valence-electron chi connectivity index (χ3n) is 6.39. The predicted molar refractivity (Wildman–Crippen MR) is 129 cm³/mol. The van der Waals surface area contributed by atoms with E-state index in [1.165, 1.54) is 25.8 Å². The van der Waals surface area contributed by atoms with Crippen LogP contribution in [-0.4, -0.2) is 37.9 Å². The van der Waals surface area contributed by atoms with E-state index in [0.29, 0.717) is 28.2 Å². The van der Waals surface area contributed by atoms with Crippen molar-refractivity contribution < 1.29 is 37.6 Å². The van der Waals surface area contributed by atoms with Gasteiger partial charge in [-0.1, -0.05) is 18.2 Å². The molecule has 0 radical (unpaired) electrons. The first-order valence-electron chi connectivity index (χ1n) is 11.5. The Morgan fingerprint density at radius 3 is 2.64 bits per heavy atom. The Morgan fingerprint density at radius 1 is 1.14 bits per heavy atom. The van der Waals surface area contributed by atoms with E-state index in [0.717, 1.165) is 4.90 Å². The maximum Gasteiger partial charge on any atom is 0.347 e. The van der Waals surface area contributed by atoms with Crippen LogP contribution in [-0.2, 0) is 19.0 Å². The average molecular weight is 513 g/mol. The molecular formula is C26H24O9S. The van der Waals surface area contributed by atoms with Gasteiger partial charge in [-0.05, 0) is 32.0 Å². The number of benzene rings is 2. The number of carbonyl (C=O) groups is 1. The Labute approximate surface area is 210 Å². The predicted octanol–water partition coefficient (Wildman–Crippen LogP) is 4.50. The fraction of sp³-hybridized carbons (Fsp3) is 0.385. The molecule has 0 saturated carbocycles. The molecule has 10 heteroatoms. The molecule has 0 N–H and O–H groups in total. The molecular weight excluding hydrogens is 488 g/mol. The number of fused-ring (bicyclic) bond motifs is 6. The van der Waals surface area contributed by atoms with E-state index in [1.54, 1.807) is 19.9 Å². The van der Waals surface area contributed by atoms with Crippen molar-refractivity contribution >= 4 is 28.5 Å².